The molecule has 2 atom stereocenters. The first-order valence-electron chi connectivity index (χ1n) is 14.9. The molecule has 0 saturated carbocycles. The van der Waals surface area contributed by atoms with Crippen LogP contribution in [0.3, 0.4) is 0 Å². The molecule has 1 saturated heterocycles. The van der Waals surface area contributed by atoms with Crippen molar-refractivity contribution in [3.05, 3.63) is 83.2 Å². The largest absolute Gasteiger partial charge is 0.480 e. The van der Waals surface area contributed by atoms with Crippen LogP contribution in [0.15, 0.2) is 76.8 Å². The van der Waals surface area contributed by atoms with Crippen molar-refractivity contribution in [3.63, 3.8) is 0 Å². The van der Waals surface area contributed by atoms with Gasteiger partial charge < -0.3 is 20.5 Å². The third kappa shape index (κ3) is 7.13. The maximum absolute atomic E-state index is 13.6. The first-order valence-corrected chi connectivity index (χ1v) is 17.3. The molecule has 5 rings (SSSR count). The zero-order valence-electron chi connectivity index (χ0n) is 26.4. The van der Waals surface area contributed by atoms with Crippen molar-refractivity contribution in [2.75, 3.05) is 26.1 Å². The van der Waals surface area contributed by atoms with Crippen LogP contribution < -0.4 is 16.3 Å². The molecule has 0 bridgehead atoms. The van der Waals surface area contributed by atoms with E-state index >= 15 is 0 Å². The van der Waals surface area contributed by atoms with E-state index in [-0.39, 0.29) is 29.6 Å². The van der Waals surface area contributed by atoms with Crippen LogP contribution in [0.25, 0.3) is 16.9 Å². The Labute approximate surface area is 280 Å². The summed E-state index contributed by atoms with van der Waals surface area (Å²) in [6.45, 7) is 3.86. The van der Waals surface area contributed by atoms with Crippen molar-refractivity contribution < 1.29 is 32.6 Å². The minimum Gasteiger partial charge on any atom is -0.480 e. The molecule has 0 aliphatic carbocycles. The lowest BCUT2D eigenvalue weighted by Crippen LogP contribution is -2.56. The molecule has 254 valence electrons. The van der Waals surface area contributed by atoms with Gasteiger partial charge >= 0.3 is 11.7 Å². The van der Waals surface area contributed by atoms with Crippen LogP contribution in [-0.2, 0) is 42.1 Å². The number of sulfonamides is 1. The van der Waals surface area contributed by atoms with E-state index in [0.717, 1.165) is 4.31 Å². The van der Waals surface area contributed by atoms with Crippen molar-refractivity contribution in [2.45, 2.75) is 48.5 Å². The molecule has 17 heteroatoms. The fourth-order valence-electron chi connectivity index (χ4n) is 5.45. The second-order valence-corrected chi connectivity index (χ2v) is 15.0. The number of nitrogens with one attached hydrogen (secondary N) is 2. The Bertz CT molecular complexity index is 1980. The molecule has 0 spiro atoms. The van der Waals surface area contributed by atoms with Crippen LogP contribution in [0.2, 0.25) is 0 Å². The highest BCUT2D eigenvalue weighted by Crippen LogP contribution is 2.42. The third-order valence-electron chi connectivity index (χ3n) is 7.87. The number of carbonyl (C=O) groups excluding carboxylic acids is 2. The second kappa shape index (κ2) is 14.3. The van der Waals surface area contributed by atoms with Crippen molar-refractivity contribution >= 4 is 50.7 Å². The van der Waals surface area contributed by atoms with E-state index < -0.39 is 44.4 Å². The number of benzene rings is 1. The zero-order valence-corrected chi connectivity index (χ0v) is 28.0. The van der Waals surface area contributed by atoms with Crippen LogP contribution in [0.4, 0.5) is 0 Å². The topological polar surface area (TPSA) is 195 Å². The monoisotopic (exact) mass is 697 g/mol. The summed E-state index contributed by atoms with van der Waals surface area (Å²) < 4.78 is 34.7. The maximum atomic E-state index is 13.6. The van der Waals surface area contributed by atoms with E-state index in [1.165, 1.54) is 58.7 Å². The summed E-state index contributed by atoms with van der Waals surface area (Å²) in [5.74, 6) is -2.40. The average molecular weight is 698 g/mol. The van der Waals surface area contributed by atoms with Crippen LogP contribution in [0.1, 0.15) is 19.4 Å². The third-order valence-corrected chi connectivity index (χ3v) is 11.2. The maximum Gasteiger partial charge on any atom is 0.335 e. The van der Waals surface area contributed by atoms with Crippen LogP contribution in [0.5, 0.6) is 0 Å². The lowest BCUT2D eigenvalue weighted by atomic mass is 10.0. The number of aliphatic carboxylic acids is 1. The average Bonchev–Trinajstić information content (AvgIpc) is 3.54. The van der Waals surface area contributed by atoms with E-state index in [1.807, 2.05) is 0 Å². The summed E-state index contributed by atoms with van der Waals surface area (Å²) in [6.07, 6.45) is 4.06. The predicted octanol–water partition coefficient (Wildman–Crippen LogP) is 0.999. The molecular weight excluding hydrogens is 663 g/mol. The number of carboxylic acid groups (broad SMARTS) is 1. The Balaban J connectivity index is 1.35. The normalized spacial score (nSPS) is 16.9. The summed E-state index contributed by atoms with van der Waals surface area (Å²) >= 11 is 1.27. The van der Waals surface area contributed by atoms with E-state index in [9.17, 15) is 32.7 Å². The quantitative estimate of drug-likeness (QED) is 0.169. The molecule has 1 unspecified atom stereocenters. The first-order chi connectivity index (χ1) is 22.8. The SMILES string of the molecule is COCCNC(=O)Cn1c(=O)n(-c2ccc(C[C@H](NC(=O)C3N(S(=O)(=O)c4cccnc4)CSC3(C)C)C(=O)O)cc2)c2ncccc21. The number of carbonyl (C=O) groups is 3. The number of amides is 2. The summed E-state index contributed by atoms with van der Waals surface area (Å²) in [4.78, 5) is 60.1. The number of rotatable bonds is 13. The van der Waals surface area contributed by atoms with E-state index in [4.69, 9.17) is 4.74 Å². The molecule has 1 aromatic carbocycles. The number of methoxy groups -OCH3 is 1. The Hall–Kier alpha value is -4.58. The number of imidazole rings is 1. The predicted molar refractivity (Wildman–Crippen MR) is 177 cm³/mol. The van der Waals surface area contributed by atoms with E-state index in [2.05, 4.69) is 20.6 Å². The van der Waals surface area contributed by atoms with Crippen LogP contribution in [0, 0.1) is 0 Å². The molecule has 1 aliphatic rings. The molecule has 4 aromatic rings. The van der Waals surface area contributed by atoms with Crippen molar-refractivity contribution in [3.8, 4) is 5.69 Å². The van der Waals surface area contributed by atoms with Crippen LogP contribution in [-0.4, -0.2) is 97.7 Å². The minimum atomic E-state index is -4.10. The van der Waals surface area contributed by atoms with Gasteiger partial charge in [-0.3, -0.25) is 19.1 Å². The Morgan fingerprint density at radius 1 is 1.12 bits per heavy atom. The molecule has 15 nitrogen and oxygen atoms in total. The van der Waals surface area contributed by atoms with Gasteiger partial charge in [0.05, 0.1) is 23.7 Å². The van der Waals surface area contributed by atoms with Gasteiger partial charge in [-0.1, -0.05) is 12.1 Å². The highest BCUT2D eigenvalue weighted by molar-refractivity contribution is 8.02. The smallest absolute Gasteiger partial charge is 0.335 e. The number of fused-ring (bicyclic) bond motifs is 1. The fourth-order valence-corrected chi connectivity index (χ4v) is 8.58. The zero-order chi connectivity index (χ0) is 34.6. The summed E-state index contributed by atoms with van der Waals surface area (Å²) in [7, 11) is -2.58. The van der Waals surface area contributed by atoms with Gasteiger partial charge in [-0.2, -0.15) is 4.31 Å². The van der Waals surface area contributed by atoms with Crippen molar-refractivity contribution in [2.24, 2.45) is 0 Å². The first kappa shape index (κ1) is 34.7. The molecule has 0 radical (unpaired) electrons. The number of carboxylic acids is 1. The summed E-state index contributed by atoms with van der Waals surface area (Å²) in [5.41, 5.74) is 1.27. The van der Waals surface area contributed by atoms with Gasteiger partial charge in [0.1, 0.15) is 23.5 Å². The van der Waals surface area contributed by atoms with Crippen molar-refractivity contribution in [1.29, 1.82) is 0 Å². The summed E-state index contributed by atoms with van der Waals surface area (Å²) in [5, 5.41) is 15.3. The Morgan fingerprint density at radius 2 is 1.85 bits per heavy atom. The number of aromatic nitrogens is 4. The standard InChI is InChI=1S/C31H35N7O8S2/c1-31(2)26(37(19-47-31)48(44,45)22-6-4-12-32-17-22)28(40)35-23(29(41)42)16-20-8-10-21(11-9-20)38-27-24(7-5-13-34-27)36(30(38)43)18-25(39)33-14-15-46-3/h4-13,17,23,26H,14-16,18-19H2,1-3H3,(H,33,39)(H,35,40)(H,41,42)/t23-,26?/m0/s1. The van der Waals surface area contributed by atoms with Gasteiger partial charge in [-0.05, 0) is 55.8 Å². The number of hydrogen-bond donors (Lipinski definition) is 3. The highest BCUT2D eigenvalue weighted by atomic mass is 32.2. The molecule has 3 N–H and O–H groups in total. The number of thioether (sulfide) groups is 1. The van der Waals surface area contributed by atoms with Crippen LogP contribution >= 0.6 is 11.8 Å². The number of pyridine rings is 2. The van der Waals surface area contributed by atoms with E-state index in [0.29, 0.717) is 35.6 Å². The van der Waals surface area contributed by atoms with E-state index in [1.54, 1.807) is 50.2 Å². The molecular formula is C31H35N7O8S2. The Morgan fingerprint density at radius 3 is 2.52 bits per heavy atom. The van der Waals surface area contributed by atoms with Gasteiger partial charge in [0.25, 0.3) is 0 Å². The molecule has 48 heavy (non-hydrogen) atoms. The molecule has 4 heterocycles. The lowest BCUT2D eigenvalue weighted by molar-refractivity contribution is -0.142. The molecule has 1 fully saturated rings. The number of ether oxygens (including phenoxy) is 1. The van der Waals surface area contributed by atoms with Gasteiger partial charge in [0.2, 0.25) is 21.8 Å². The second-order valence-electron chi connectivity index (χ2n) is 11.5. The molecule has 2 amide bonds. The Kier molecular flexibility index (Phi) is 10.3. The molecule has 1 aliphatic heterocycles. The van der Waals surface area contributed by atoms with Crippen molar-refractivity contribution in [1.82, 2.24) is 34.0 Å². The van der Waals surface area contributed by atoms with Gasteiger partial charge in [0, 0.05) is 43.4 Å². The number of hydrogen-bond acceptors (Lipinski definition) is 10. The van der Waals surface area contributed by atoms with Gasteiger partial charge in [-0.15, -0.1) is 11.8 Å². The fraction of sp³-hybridized carbons (Fsp3) is 0.355. The van der Waals surface area contributed by atoms with Gasteiger partial charge in [0.15, 0.2) is 5.65 Å². The summed E-state index contributed by atoms with van der Waals surface area (Å²) in [6, 6.07) is 10.1. The minimum absolute atomic E-state index is 0.00460. The molecule has 3 aromatic heterocycles. The van der Waals surface area contributed by atoms with Gasteiger partial charge in [-0.25, -0.2) is 27.6 Å². The number of nitrogens with zero attached hydrogens (tertiary/aromatic N) is 5. The lowest BCUT2D eigenvalue weighted by Gasteiger charge is -2.30. The highest BCUT2D eigenvalue weighted by Gasteiger charge is 2.51.